The summed E-state index contributed by atoms with van der Waals surface area (Å²) in [5, 5.41) is 8.37. The number of imidazole rings is 1. The molecule has 1 heterocycles. The summed E-state index contributed by atoms with van der Waals surface area (Å²) in [6, 6.07) is 1.75. The highest BCUT2D eigenvalue weighted by molar-refractivity contribution is 5.62. The molecule has 1 rings (SSSR count). The molecule has 0 saturated heterocycles. The van der Waals surface area contributed by atoms with Crippen LogP contribution in [0.1, 0.15) is 12.7 Å². The van der Waals surface area contributed by atoms with E-state index in [1.54, 1.807) is 13.0 Å². The van der Waals surface area contributed by atoms with E-state index in [0.29, 0.717) is 0 Å². The predicted octanol–water partition coefficient (Wildman–Crippen LogP) is 0.817. The highest BCUT2D eigenvalue weighted by Crippen LogP contribution is 2.06. The normalized spacial score (nSPS) is 8.92. The van der Waals surface area contributed by atoms with E-state index < -0.39 is 6.16 Å². The number of hydrogen-bond acceptors (Lipinski definition) is 5. The molecule has 1 aromatic heterocycles. The van der Waals surface area contributed by atoms with E-state index in [2.05, 4.69) is 19.4 Å². The quantitative estimate of drug-likeness (QED) is 0.682. The number of nitrogens with one attached hydrogen (secondary N) is 1. The molecule has 0 bridgehead atoms. The third kappa shape index (κ3) is 2.48. The second-order valence-electron chi connectivity index (χ2n) is 1.98. The molecule has 0 unspecified atom stereocenters. The molecule has 1 N–H and O–H groups in total. The van der Waals surface area contributed by atoms with Gasteiger partial charge in [-0.25, -0.2) is 4.79 Å². The molecule has 13 heavy (non-hydrogen) atoms. The van der Waals surface area contributed by atoms with Gasteiger partial charge in [0.2, 0.25) is 11.7 Å². The third-order valence-electron chi connectivity index (χ3n) is 1.11. The fraction of sp³-hybridized carbons (Fsp3) is 0.286. The van der Waals surface area contributed by atoms with Crippen molar-refractivity contribution in [1.82, 2.24) is 9.97 Å². The third-order valence-corrected chi connectivity index (χ3v) is 1.11. The number of aromatic nitrogens is 2. The topological polar surface area (TPSA) is 88.0 Å². The van der Waals surface area contributed by atoms with Gasteiger partial charge in [-0.15, -0.1) is 0 Å². The van der Waals surface area contributed by atoms with Crippen LogP contribution in [0.25, 0.3) is 0 Å². The Hall–Kier alpha value is -2.03. The maximum Gasteiger partial charge on any atom is 0.515 e. The van der Waals surface area contributed by atoms with Crippen LogP contribution in [0, 0.1) is 11.3 Å². The van der Waals surface area contributed by atoms with E-state index in [4.69, 9.17) is 5.26 Å². The van der Waals surface area contributed by atoms with Crippen LogP contribution >= 0.6 is 0 Å². The van der Waals surface area contributed by atoms with Gasteiger partial charge < -0.3 is 14.5 Å². The molecule has 0 amide bonds. The Morgan fingerprint density at radius 2 is 2.62 bits per heavy atom. The van der Waals surface area contributed by atoms with Gasteiger partial charge in [0.25, 0.3) is 0 Å². The number of rotatable bonds is 2. The number of ether oxygens (including phenoxy) is 2. The van der Waals surface area contributed by atoms with Gasteiger partial charge in [0.1, 0.15) is 6.07 Å². The first-order chi connectivity index (χ1) is 6.26. The number of nitriles is 1. The SMILES string of the molecule is CCOC(=O)Oc1c[nH]c(C#N)n1. The van der Waals surface area contributed by atoms with Gasteiger partial charge in [-0.2, -0.15) is 10.2 Å². The summed E-state index contributed by atoms with van der Waals surface area (Å²) in [5.74, 6) is 0.106. The zero-order valence-electron chi connectivity index (χ0n) is 6.90. The van der Waals surface area contributed by atoms with Crippen LogP contribution < -0.4 is 4.74 Å². The molecular weight excluding hydrogens is 174 g/mol. The standard InChI is InChI=1S/C7H7N3O3/c1-2-12-7(11)13-6-4-9-5(3-8)10-6/h4H,2H2,1H3,(H,9,10). The minimum Gasteiger partial charge on any atom is -0.434 e. The van der Waals surface area contributed by atoms with Gasteiger partial charge in [0.05, 0.1) is 12.8 Å². The van der Waals surface area contributed by atoms with Crippen LogP contribution in [0.15, 0.2) is 6.20 Å². The highest BCUT2D eigenvalue weighted by atomic mass is 16.7. The molecule has 0 fully saturated rings. The Morgan fingerprint density at radius 1 is 1.85 bits per heavy atom. The summed E-state index contributed by atoms with van der Waals surface area (Å²) in [5.41, 5.74) is 0. The molecule has 68 valence electrons. The van der Waals surface area contributed by atoms with Gasteiger partial charge in [0.15, 0.2) is 0 Å². The number of aromatic amines is 1. The van der Waals surface area contributed by atoms with Crippen molar-refractivity contribution in [2.45, 2.75) is 6.92 Å². The highest BCUT2D eigenvalue weighted by Gasteiger charge is 2.07. The lowest BCUT2D eigenvalue weighted by Gasteiger charge is -1.98. The Morgan fingerprint density at radius 3 is 3.15 bits per heavy atom. The van der Waals surface area contributed by atoms with Crippen LogP contribution in [-0.2, 0) is 4.74 Å². The number of H-pyrrole nitrogens is 1. The zero-order chi connectivity index (χ0) is 9.68. The van der Waals surface area contributed by atoms with Crippen molar-refractivity contribution in [1.29, 1.82) is 5.26 Å². The van der Waals surface area contributed by atoms with Crippen LogP contribution in [0.2, 0.25) is 0 Å². The minimum atomic E-state index is -0.835. The van der Waals surface area contributed by atoms with Crippen molar-refractivity contribution in [2.24, 2.45) is 0 Å². The van der Waals surface area contributed by atoms with Gasteiger partial charge >= 0.3 is 6.16 Å². The monoisotopic (exact) mass is 181 g/mol. The van der Waals surface area contributed by atoms with Crippen LogP contribution in [0.5, 0.6) is 5.88 Å². The minimum absolute atomic E-state index is 0.0231. The molecule has 0 aromatic carbocycles. The average molecular weight is 181 g/mol. The first-order valence-corrected chi connectivity index (χ1v) is 3.56. The Balaban J connectivity index is 2.55. The molecule has 0 aliphatic carbocycles. The first-order valence-electron chi connectivity index (χ1n) is 3.56. The van der Waals surface area contributed by atoms with Gasteiger partial charge in [-0.05, 0) is 6.92 Å². The maximum atomic E-state index is 10.7. The van der Waals surface area contributed by atoms with E-state index in [1.807, 2.05) is 0 Å². The van der Waals surface area contributed by atoms with Gasteiger partial charge in [0, 0.05) is 0 Å². The number of carbonyl (C=O) groups is 1. The lowest BCUT2D eigenvalue weighted by atomic mass is 10.7. The second kappa shape index (κ2) is 4.11. The van der Waals surface area contributed by atoms with Crippen molar-refractivity contribution in [3.8, 4) is 11.9 Å². The van der Waals surface area contributed by atoms with Crippen molar-refractivity contribution < 1.29 is 14.3 Å². The van der Waals surface area contributed by atoms with Crippen molar-refractivity contribution in [3.05, 3.63) is 12.0 Å². The van der Waals surface area contributed by atoms with E-state index >= 15 is 0 Å². The maximum absolute atomic E-state index is 10.7. The number of hydrogen-bond donors (Lipinski definition) is 1. The van der Waals surface area contributed by atoms with E-state index in [1.165, 1.54) is 6.20 Å². The Labute approximate surface area is 74.1 Å². The molecule has 0 radical (unpaired) electrons. The lowest BCUT2D eigenvalue weighted by Crippen LogP contribution is -2.10. The summed E-state index contributed by atoms with van der Waals surface area (Å²) < 4.78 is 9.07. The van der Waals surface area contributed by atoms with Crippen LogP contribution in [-0.4, -0.2) is 22.7 Å². The molecule has 6 heteroatoms. The van der Waals surface area contributed by atoms with Gasteiger partial charge in [-0.3, -0.25) is 0 Å². The number of nitrogens with zero attached hydrogens (tertiary/aromatic N) is 2. The summed E-state index contributed by atoms with van der Waals surface area (Å²) in [7, 11) is 0. The first kappa shape index (κ1) is 9.06. The molecule has 1 aromatic rings. The van der Waals surface area contributed by atoms with Crippen molar-refractivity contribution in [3.63, 3.8) is 0 Å². The molecule has 0 spiro atoms. The van der Waals surface area contributed by atoms with Crippen LogP contribution in [0.3, 0.4) is 0 Å². The average Bonchev–Trinajstić information content (AvgIpc) is 2.52. The summed E-state index contributed by atoms with van der Waals surface area (Å²) in [6.45, 7) is 1.89. The fourth-order valence-electron chi connectivity index (χ4n) is 0.647. The molecule has 0 atom stereocenters. The summed E-state index contributed by atoms with van der Waals surface area (Å²) >= 11 is 0. The second-order valence-corrected chi connectivity index (χ2v) is 1.98. The predicted molar refractivity (Wildman–Crippen MR) is 41.0 cm³/mol. The van der Waals surface area contributed by atoms with Crippen molar-refractivity contribution in [2.75, 3.05) is 6.61 Å². The molecule has 0 saturated carbocycles. The molecular formula is C7H7N3O3. The Kier molecular flexibility index (Phi) is 2.87. The Bertz CT molecular complexity index is 339. The lowest BCUT2D eigenvalue weighted by molar-refractivity contribution is 0.103. The molecule has 6 nitrogen and oxygen atoms in total. The number of carbonyl (C=O) groups excluding carboxylic acids is 1. The van der Waals surface area contributed by atoms with Gasteiger partial charge in [-0.1, -0.05) is 0 Å². The fourth-order valence-corrected chi connectivity index (χ4v) is 0.647. The smallest absolute Gasteiger partial charge is 0.434 e. The van der Waals surface area contributed by atoms with E-state index in [9.17, 15) is 4.79 Å². The van der Waals surface area contributed by atoms with Crippen molar-refractivity contribution >= 4 is 6.16 Å². The van der Waals surface area contributed by atoms with E-state index in [-0.39, 0.29) is 18.3 Å². The largest absolute Gasteiger partial charge is 0.515 e. The zero-order valence-corrected chi connectivity index (χ0v) is 6.90. The van der Waals surface area contributed by atoms with E-state index in [0.717, 1.165) is 0 Å². The van der Waals surface area contributed by atoms with Crippen LogP contribution in [0.4, 0.5) is 4.79 Å². The molecule has 0 aliphatic rings. The summed E-state index contributed by atoms with van der Waals surface area (Å²) in [4.78, 5) is 16.8. The molecule has 0 aliphatic heterocycles. The summed E-state index contributed by atoms with van der Waals surface area (Å²) in [6.07, 6.45) is 0.466.